The Labute approximate surface area is 117 Å². The summed E-state index contributed by atoms with van der Waals surface area (Å²) in [7, 11) is 0. The Hall–Kier alpha value is -1.43. The molecule has 0 saturated heterocycles. The minimum atomic E-state index is -0.347. The predicted molar refractivity (Wildman–Crippen MR) is 75.1 cm³/mol. The van der Waals surface area contributed by atoms with Gasteiger partial charge in [-0.15, -0.1) is 11.3 Å². The molecule has 0 saturated carbocycles. The van der Waals surface area contributed by atoms with Gasteiger partial charge in [0.15, 0.2) is 5.13 Å². The summed E-state index contributed by atoms with van der Waals surface area (Å²) < 4.78 is 5.08. The van der Waals surface area contributed by atoms with E-state index >= 15 is 0 Å². The van der Waals surface area contributed by atoms with Crippen LogP contribution in [-0.4, -0.2) is 23.5 Å². The zero-order chi connectivity index (χ0) is 14.5. The van der Waals surface area contributed by atoms with Crippen molar-refractivity contribution in [2.24, 2.45) is 5.41 Å². The van der Waals surface area contributed by atoms with Crippen LogP contribution in [0.1, 0.15) is 38.5 Å². The molecule has 0 fully saturated rings. The molecule has 0 aliphatic heterocycles. The number of ether oxygens (including phenoxy) is 1. The van der Waals surface area contributed by atoms with E-state index in [0.717, 1.165) is 4.88 Å². The molecule has 1 rings (SSSR count). The van der Waals surface area contributed by atoms with Gasteiger partial charge in [-0.1, -0.05) is 20.8 Å². The van der Waals surface area contributed by atoms with Crippen LogP contribution in [0.4, 0.5) is 5.13 Å². The molecule has 0 unspecified atom stereocenters. The highest BCUT2D eigenvalue weighted by molar-refractivity contribution is 7.15. The number of carbonyl (C=O) groups excluding carboxylic acids is 2. The van der Waals surface area contributed by atoms with Crippen molar-refractivity contribution in [1.82, 2.24) is 4.98 Å². The molecule has 0 aliphatic carbocycles. The quantitative estimate of drug-likeness (QED) is 0.844. The van der Waals surface area contributed by atoms with Crippen LogP contribution in [0.3, 0.4) is 0 Å². The molecule has 1 aromatic heterocycles. The molecule has 1 N–H and O–H groups in total. The van der Waals surface area contributed by atoms with Crippen LogP contribution >= 0.6 is 11.3 Å². The molecule has 1 amide bonds. The fourth-order valence-electron chi connectivity index (χ4n) is 1.18. The molecule has 5 nitrogen and oxygen atoms in total. The normalized spacial score (nSPS) is 11.2. The highest BCUT2D eigenvalue weighted by Gasteiger charge is 2.15. The number of nitrogens with one attached hydrogen (secondary N) is 1. The van der Waals surface area contributed by atoms with Gasteiger partial charge in [-0.3, -0.25) is 9.59 Å². The largest absolute Gasteiger partial charge is 0.465 e. The lowest BCUT2D eigenvalue weighted by Crippen LogP contribution is -2.19. The lowest BCUT2D eigenvalue weighted by atomic mass is 9.99. The average molecular weight is 284 g/mol. The Kier molecular flexibility index (Phi) is 5.47. The average Bonchev–Trinajstić information content (AvgIpc) is 2.68. The first kappa shape index (κ1) is 15.6. The molecule has 0 bridgehead atoms. The van der Waals surface area contributed by atoms with Crippen molar-refractivity contribution in [1.29, 1.82) is 0 Å². The van der Waals surface area contributed by atoms with Gasteiger partial charge in [0.25, 0.3) is 0 Å². The summed E-state index contributed by atoms with van der Waals surface area (Å²) in [5.74, 6) is -0.567. The van der Waals surface area contributed by atoms with E-state index in [1.807, 2.05) is 27.7 Å². The molecule has 0 aliphatic rings. The number of carbonyl (C=O) groups is 2. The molecular weight excluding hydrogens is 264 g/mol. The number of amides is 1. The molecule has 1 aromatic rings. The van der Waals surface area contributed by atoms with E-state index in [1.165, 1.54) is 11.3 Å². The lowest BCUT2D eigenvalue weighted by Gasteiger charge is -2.17. The topological polar surface area (TPSA) is 68.3 Å². The van der Waals surface area contributed by atoms with Crippen molar-refractivity contribution in [3.05, 3.63) is 11.1 Å². The van der Waals surface area contributed by atoms with Gasteiger partial charge < -0.3 is 10.1 Å². The molecule has 1 heterocycles. The number of hydrogen-bond acceptors (Lipinski definition) is 5. The maximum Gasteiger partial charge on any atom is 0.306 e. The number of aryl methyl sites for hydroxylation is 1. The molecule has 0 spiro atoms. The van der Waals surface area contributed by atoms with Gasteiger partial charge in [-0.05, 0) is 12.3 Å². The molecule has 106 valence electrons. The highest BCUT2D eigenvalue weighted by Crippen LogP contribution is 2.17. The Morgan fingerprint density at radius 1 is 1.37 bits per heavy atom. The lowest BCUT2D eigenvalue weighted by molar-refractivity contribution is -0.147. The summed E-state index contributed by atoms with van der Waals surface area (Å²) in [6, 6.07) is 0. The monoisotopic (exact) mass is 284 g/mol. The first-order chi connectivity index (χ1) is 8.76. The molecule has 6 heteroatoms. The third-order valence-corrected chi connectivity index (χ3v) is 2.92. The molecule has 0 radical (unpaired) electrons. The maximum absolute atomic E-state index is 11.6. The second kappa shape index (κ2) is 6.65. The van der Waals surface area contributed by atoms with E-state index in [0.29, 0.717) is 11.7 Å². The summed E-state index contributed by atoms with van der Waals surface area (Å²) in [4.78, 5) is 28.1. The van der Waals surface area contributed by atoms with Crippen molar-refractivity contribution in [2.45, 2.75) is 40.5 Å². The molecule has 0 aromatic carbocycles. The van der Waals surface area contributed by atoms with Crippen LogP contribution in [-0.2, 0) is 14.3 Å². The van der Waals surface area contributed by atoms with Gasteiger partial charge in [-0.2, -0.15) is 0 Å². The smallest absolute Gasteiger partial charge is 0.306 e. The predicted octanol–water partition coefficient (Wildman–Crippen LogP) is 2.76. The van der Waals surface area contributed by atoms with Crippen molar-refractivity contribution in [3.63, 3.8) is 0 Å². The van der Waals surface area contributed by atoms with E-state index in [2.05, 4.69) is 10.3 Å². The summed E-state index contributed by atoms with van der Waals surface area (Å²) in [5, 5.41) is 3.21. The third kappa shape index (κ3) is 6.91. The fourth-order valence-corrected chi connectivity index (χ4v) is 1.86. The number of anilines is 1. The number of hydrogen-bond donors (Lipinski definition) is 1. The summed E-state index contributed by atoms with van der Waals surface area (Å²) >= 11 is 1.40. The Balaban J connectivity index is 2.25. The zero-order valence-electron chi connectivity index (χ0n) is 11.8. The van der Waals surface area contributed by atoms with Crippen LogP contribution in [0.2, 0.25) is 0 Å². The standard InChI is InChI=1S/C13H20N2O3S/c1-9-7-14-12(19-9)15-10(16)5-6-11(17)18-8-13(2,3)4/h7H,5-6,8H2,1-4H3,(H,14,15,16). The SMILES string of the molecule is Cc1cnc(NC(=O)CCC(=O)OCC(C)(C)C)s1. The van der Waals surface area contributed by atoms with Crippen LogP contribution < -0.4 is 5.32 Å². The van der Waals surface area contributed by atoms with Gasteiger partial charge in [0.2, 0.25) is 5.91 Å². The van der Waals surface area contributed by atoms with Gasteiger partial charge in [0.05, 0.1) is 13.0 Å². The Morgan fingerprint density at radius 3 is 2.58 bits per heavy atom. The van der Waals surface area contributed by atoms with Gasteiger partial charge in [-0.25, -0.2) is 4.98 Å². The highest BCUT2D eigenvalue weighted by atomic mass is 32.1. The number of nitrogens with zero attached hydrogens (tertiary/aromatic N) is 1. The van der Waals surface area contributed by atoms with E-state index in [9.17, 15) is 9.59 Å². The summed E-state index contributed by atoms with van der Waals surface area (Å²) in [6.07, 6.45) is 1.89. The van der Waals surface area contributed by atoms with Crippen LogP contribution in [0.15, 0.2) is 6.20 Å². The summed E-state index contributed by atoms with van der Waals surface area (Å²) in [6.45, 7) is 8.23. The molecule has 0 atom stereocenters. The number of esters is 1. The minimum absolute atomic E-state index is 0.0592. The van der Waals surface area contributed by atoms with Crippen LogP contribution in [0.25, 0.3) is 0 Å². The fraction of sp³-hybridized carbons (Fsp3) is 0.615. The molecular formula is C13H20N2O3S. The van der Waals surface area contributed by atoms with Crippen molar-refractivity contribution in [2.75, 3.05) is 11.9 Å². The maximum atomic E-state index is 11.6. The Bertz CT molecular complexity index is 449. The second-order valence-corrected chi connectivity index (χ2v) is 6.78. The minimum Gasteiger partial charge on any atom is -0.465 e. The van der Waals surface area contributed by atoms with Crippen molar-refractivity contribution < 1.29 is 14.3 Å². The van der Waals surface area contributed by atoms with E-state index in [1.54, 1.807) is 6.20 Å². The number of aromatic nitrogens is 1. The van der Waals surface area contributed by atoms with Crippen molar-refractivity contribution >= 4 is 28.3 Å². The third-order valence-electron chi connectivity index (χ3n) is 2.09. The van der Waals surface area contributed by atoms with Crippen LogP contribution in [0.5, 0.6) is 0 Å². The van der Waals surface area contributed by atoms with E-state index in [-0.39, 0.29) is 30.1 Å². The Morgan fingerprint density at radius 2 is 2.05 bits per heavy atom. The van der Waals surface area contributed by atoms with Gasteiger partial charge >= 0.3 is 5.97 Å². The zero-order valence-corrected chi connectivity index (χ0v) is 12.6. The van der Waals surface area contributed by atoms with Gasteiger partial charge in [0.1, 0.15) is 0 Å². The molecule has 19 heavy (non-hydrogen) atoms. The van der Waals surface area contributed by atoms with E-state index < -0.39 is 0 Å². The first-order valence-corrected chi connectivity index (χ1v) is 6.96. The van der Waals surface area contributed by atoms with Crippen LogP contribution in [0, 0.1) is 12.3 Å². The summed E-state index contributed by atoms with van der Waals surface area (Å²) in [5.41, 5.74) is -0.0592. The second-order valence-electron chi connectivity index (χ2n) is 5.55. The van der Waals surface area contributed by atoms with E-state index in [4.69, 9.17) is 4.74 Å². The van der Waals surface area contributed by atoms with Crippen molar-refractivity contribution in [3.8, 4) is 0 Å². The number of thiazole rings is 1. The number of rotatable bonds is 5. The first-order valence-electron chi connectivity index (χ1n) is 6.14. The van der Waals surface area contributed by atoms with Gasteiger partial charge in [0, 0.05) is 17.5 Å².